The summed E-state index contributed by atoms with van der Waals surface area (Å²) >= 11 is 0. The minimum atomic E-state index is -1.21. The quantitative estimate of drug-likeness (QED) is 0.409. The molecular formula is C28H33FN4O4. The monoisotopic (exact) mass is 508 g/mol. The Bertz CT molecular complexity index is 1320. The number of hydrogen-bond acceptors (Lipinski definition) is 4. The summed E-state index contributed by atoms with van der Waals surface area (Å²) in [6, 6.07) is 4.25. The molecule has 1 heterocycles. The predicted octanol–water partition coefficient (Wildman–Crippen LogP) is 3.32. The van der Waals surface area contributed by atoms with Crippen molar-refractivity contribution < 1.29 is 23.6 Å². The smallest absolute Gasteiger partial charge is 0.294 e. The number of nitrogens with zero attached hydrogens (tertiary/aromatic N) is 1. The fraction of sp³-hybridized carbons (Fsp3) is 0.500. The third kappa shape index (κ3) is 3.86. The molecule has 4 aliphatic rings. The van der Waals surface area contributed by atoms with Crippen molar-refractivity contribution in [1.29, 1.82) is 0 Å². The molecule has 4 fully saturated rings. The van der Waals surface area contributed by atoms with Gasteiger partial charge in [-0.05, 0) is 106 Å². The minimum absolute atomic E-state index is 0.0604. The van der Waals surface area contributed by atoms with Crippen molar-refractivity contribution in [3.63, 3.8) is 0 Å². The highest BCUT2D eigenvalue weighted by Crippen LogP contribution is 2.58. The zero-order chi connectivity index (χ0) is 26.8. The lowest BCUT2D eigenvalue weighted by Crippen LogP contribution is -2.72. The zero-order valence-corrected chi connectivity index (χ0v) is 21.6. The number of amides is 3. The highest BCUT2D eigenvalue weighted by atomic mass is 19.1. The molecule has 3 amide bonds. The molecule has 1 aromatic carbocycles. The van der Waals surface area contributed by atoms with Gasteiger partial charge in [0.05, 0.1) is 11.3 Å². The molecule has 196 valence electrons. The molecule has 9 heteroatoms. The minimum Gasteiger partial charge on any atom is -0.368 e. The topological polar surface area (TPSA) is 123 Å². The summed E-state index contributed by atoms with van der Waals surface area (Å²) in [4.78, 5) is 52.8. The van der Waals surface area contributed by atoms with E-state index in [1.807, 2.05) is 0 Å². The Morgan fingerprint density at radius 2 is 1.59 bits per heavy atom. The van der Waals surface area contributed by atoms with Gasteiger partial charge in [-0.1, -0.05) is 0 Å². The van der Waals surface area contributed by atoms with Crippen LogP contribution in [0.3, 0.4) is 0 Å². The van der Waals surface area contributed by atoms with E-state index in [1.165, 1.54) is 29.2 Å². The molecule has 1 aromatic heterocycles. The number of nitrogens with one attached hydrogen (secondary N) is 2. The van der Waals surface area contributed by atoms with Gasteiger partial charge in [0.2, 0.25) is 5.91 Å². The maximum absolute atomic E-state index is 13.6. The van der Waals surface area contributed by atoms with E-state index in [0.717, 1.165) is 25.7 Å². The van der Waals surface area contributed by atoms with Crippen LogP contribution < -0.4 is 16.4 Å². The number of benzene rings is 1. The van der Waals surface area contributed by atoms with Crippen LogP contribution in [-0.4, -0.2) is 33.6 Å². The van der Waals surface area contributed by atoms with Crippen LogP contribution in [-0.2, 0) is 16.6 Å². The molecule has 0 spiro atoms. The van der Waals surface area contributed by atoms with E-state index in [2.05, 4.69) is 10.6 Å². The Kier molecular flexibility index (Phi) is 6.00. The number of aromatic nitrogens is 1. The Labute approximate surface area is 215 Å². The van der Waals surface area contributed by atoms with Gasteiger partial charge in [0, 0.05) is 18.4 Å². The SMILES string of the molecule is Cc1cc(NC(=O)c2c(C)c(C(=O)C(=O)NC3(C(N)=O)C4CC5CC(C4)CC3C5)n(C)c2C)ccc1F. The Morgan fingerprint density at radius 3 is 2.14 bits per heavy atom. The number of Topliss-reactive ketones (excluding diaryl/α,β-unsaturated/α-hetero) is 1. The van der Waals surface area contributed by atoms with Gasteiger partial charge in [-0.3, -0.25) is 19.2 Å². The van der Waals surface area contributed by atoms with Crippen LogP contribution in [0.1, 0.15) is 69.8 Å². The molecule has 4 bridgehead atoms. The average Bonchev–Trinajstić information content (AvgIpc) is 3.05. The number of anilines is 1. The van der Waals surface area contributed by atoms with Crippen molar-refractivity contribution >= 4 is 29.2 Å². The van der Waals surface area contributed by atoms with E-state index >= 15 is 0 Å². The number of aryl methyl sites for hydroxylation is 1. The van der Waals surface area contributed by atoms with Gasteiger partial charge in [0.1, 0.15) is 11.4 Å². The molecule has 4 saturated carbocycles. The second-order valence-corrected chi connectivity index (χ2v) is 11.2. The summed E-state index contributed by atoms with van der Waals surface area (Å²) in [5.74, 6) is -2.13. The molecule has 37 heavy (non-hydrogen) atoms. The molecule has 4 aliphatic carbocycles. The van der Waals surface area contributed by atoms with Crippen LogP contribution in [0.2, 0.25) is 0 Å². The van der Waals surface area contributed by atoms with E-state index in [0.29, 0.717) is 34.3 Å². The van der Waals surface area contributed by atoms with Crippen LogP contribution in [0.15, 0.2) is 18.2 Å². The maximum Gasteiger partial charge on any atom is 0.294 e. The number of rotatable bonds is 6. The van der Waals surface area contributed by atoms with Crippen LogP contribution in [0.4, 0.5) is 10.1 Å². The molecule has 0 atom stereocenters. The number of carbonyl (C=O) groups is 4. The van der Waals surface area contributed by atoms with Gasteiger partial charge in [-0.2, -0.15) is 0 Å². The second kappa shape index (κ2) is 8.82. The number of ketones is 1. The second-order valence-electron chi connectivity index (χ2n) is 11.2. The first-order valence-electron chi connectivity index (χ1n) is 12.8. The van der Waals surface area contributed by atoms with Crippen molar-refractivity contribution in [2.24, 2.45) is 36.5 Å². The van der Waals surface area contributed by atoms with Crippen molar-refractivity contribution in [1.82, 2.24) is 9.88 Å². The number of primary amides is 1. The molecule has 2 aromatic rings. The van der Waals surface area contributed by atoms with Crippen molar-refractivity contribution in [3.05, 3.63) is 52.1 Å². The predicted molar refractivity (Wildman–Crippen MR) is 135 cm³/mol. The van der Waals surface area contributed by atoms with Gasteiger partial charge in [0.25, 0.3) is 17.6 Å². The molecule has 0 radical (unpaired) electrons. The Balaban J connectivity index is 1.41. The van der Waals surface area contributed by atoms with E-state index in [9.17, 15) is 23.6 Å². The molecule has 0 aliphatic heterocycles. The lowest BCUT2D eigenvalue weighted by Gasteiger charge is -2.59. The standard InChI is InChI=1S/C28H33FN4O4/c1-13-7-20(5-6-21(13)29)31-25(35)22-14(2)23(33(4)15(22)3)24(34)26(36)32-28(27(30)37)18-9-16-8-17(11-18)12-19(28)10-16/h5-7,16-19H,8-12H2,1-4H3,(H2,30,37)(H,31,35)(H,32,36). The van der Waals surface area contributed by atoms with Crippen molar-refractivity contribution in [2.45, 2.75) is 58.4 Å². The molecule has 8 nitrogen and oxygen atoms in total. The summed E-state index contributed by atoms with van der Waals surface area (Å²) in [6.45, 7) is 4.90. The fourth-order valence-electron chi connectivity index (χ4n) is 7.50. The number of nitrogens with two attached hydrogens (primary N) is 1. The summed E-state index contributed by atoms with van der Waals surface area (Å²) < 4.78 is 15.2. The molecule has 6 rings (SSSR count). The van der Waals surface area contributed by atoms with E-state index in [1.54, 1.807) is 27.8 Å². The molecular weight excluding hydrogens is 475 g/mol. The summed E-state index contributed by atoms with van der Waals surface area (Å²) in [6.07, 6.45) is 4.50. The normalized spacial score (nSPS) is 27.7. The van der Waals surface area contributed by atoms with Gasteiger partial charge in [0.15, 0.2) is 0 Å². The van der Waals surface area contributed by atoms with Crippen LogP contribution in [0, 0.1) is 50.3 Å². The van der Waals surface area contributed by atoms with Crippen LogP contribution in [0.5, 0.6) is 0 Å². The molecule has 4 N–H and O–H groups in total. The molecule has 0 unspecified atom stereocenters. The lowest BCUT2D eigenvalue weighted by molar-refractivity contribution is -0.148. The first-order valence-corrected chi connectivity index (χ1v) is 12.8. The lowest BCUT2D eigenvalue weighted by atomic mass is 9.48. The largest absolute Gasteiger partial charge is 0.368 e. The van der Waals surface area contributed by atoms with Gasteiger partial charge < -0.3 is 20.9 Å². The fourth-order valence-corrected chi connectivity index (χ4v) is 7.50. The highest BCUT2D eigenvalue weighted by Gasteiger charge is 2.61. The number of halogens is 1. The van der Waals surface area contributed by atoms with Gasteiger partial charge >= 0.3 is 0 Å². The average molecular weight is 509 g/mol. The highest BCUT2D eigenvalue weighted by molar-refractivity contribution is 6.43. The maximum atomic E-state index is 13.6. The molecule has 0 saturated heterocycles. The Morgan fingerprint density at radius 1 is 1.00 bits per heavy atom. The first-order chi connectivity index (χ1) is 17.4. The van der Waals surface area contributed by atoms with E-state index in [4.69, 9.17) is 5.73 Å². The zero-order valence-electron chi connectivity index (χ0n) is 21.6. The Hall–Kier alpha value is -3.49. The van der Waals surface area contributed by atoms with Crippen molar-refractivity contribution in [2.75, 3.05) is 5.32 Å². The summed E-state index contributed by atoms with van der Waals surface area (Å²) in [5.41, 5.74) is 6.71. The third-order valence-corrected chi connectivity index (χ3v) is 9.15. The van der Waals surface area contributed by atoms with E-state index in [-0.39, 0.29) is 28.9 Å². The van der Waals surface area contributed by atoms with Gasteiger partial charge in [-0.25, -0.2) is 4.39 Å². The summed E-state index contributed by atoms with van der Waals surface area (Å²) in [7, 11) is 1.62. The van der Waals surface area contributed by atoms with Crippen LogP contribution >= 0.6 is 0 Å². The third-order valence-electron chi connectivity index (χ3n) is 9.15. The van der Waals surface area contributed by atoms with Crippen molar-refractivity contribution in [3.8, 4) is 0 Å². The van der Waals surface area contributed by atoms with E-state index < -0.39 is 29.0 Å². The first kappa shape index (κ1) is 25.2. The van der Waals surface area contributed by atoms with Gasteiger partial charge in [-0.15, -0.1) is 0 Å². The number of hydrogen-bond donors (Lipinski definition) is 3. The van der Waals surface area contributed by atoms with Crippen LogP contribution in [0.25, 0.3) is 0 Å². The number of carbonyl (C=O) groups excluding carboxylic acids is 4. The summed E-state index contributed by atoms with van der Waals surface area (Å²) in [5, 5.41) is 5.57.